The molecule has 1 atom stereocenters. The lowest BCUT2D eigenvalue weighted by Gasteiger charge is -2.14. The summed E-state index contributed by atoms with van der Waals surface area (Å²) in [5, 5.41) is 0. The van der Waals surface area contributed by atoms with E-state index < -0.39 is 0 Å². The molecule has 1 aromatic heterocycles. The number of hydrogen-bond donors (Lipinski definition) is 1. The van der Waals surface area contributed by atoms with Crippen LogP contribution in [-0.2, 0) is 0 Å². The van der Waals surface area contributed by atoms with Crippen LogP contribution in [0.3, 0.4) is 0 Å². The number of aromatic nitrogens is 2. The minimum Gasteiger partial charge on any atom is -0.247 e. The maximum Gasteiger partial charge on any atom is 0.262 e. The number of nitrogens with zero attached hydrogens (tertiary/aromatic N) is 1. The minimum absolute atomic E-state index is 0.641. The van der Waals surface area contributed by atoms with E-state index >= 15 is 0 Å². The Hall–Kier alpha value is -1.57. The molecule has 0 aliphatic rings. The highest BCUT2D eigenvalue weighted by atomic mass is 15.1. The van der Waals surface area contributed by atoms with Gasteiger partial charge in [-0.1, -0.05) is 186 Å². The number of H-pyrrole nitrogens is 1. The van der Waals surface area contributed by atoms with Gasteiger partial charge < -0.3 is 0 Å². The summed E-state index contributed by atoms with van der Waals surface area (Å²) in [6.45, 7) is 4.61. The van der Waals surface area contributed by atoms with Gasteiger partial charge in [-0.05, 0) is 25.0 Å². The van der Waals surface area contributed by atoms with E-state index in [1.54, 1.807) is 0 Å². The molecule has 0 bridgehead atoms. The van der Waals surface area contributed by atoms with Gasteiger partial charge in [0, 0.05) is 0 Å². The van der Waals surface area contributed by atoms with E-state index in [0.717, 1.165) is 0 Å². The number of unbranched alkanes of at least 4 members (excludes halogenated alkanes) is 22. The van der Waals surface area contributed by atoms with Gasteiger partial charge in [-0.25, -0.2) is 4.98 Å². The molecule has 228 valence electrons. The molecule has 0 fully saturated rings. The summed E-state index contributed by atoms with van der Waals surface area (Å²) < 4.78 is 2.40. The van der Waals surface area contributed by atoms with Gasteiger partial charge in [0.1, 0.15) is 18.1 Å². The summed E-state index contributed by atoms with van der Waals surface area (Å²) in [6, 6.07) is 10.9. The van der Waals surface area contributed by atoms with Gasteiger partial charge in [0.05, 0.1) is 5.92 Å². The van der Waals surface area contributed by atoms with E-state index in [2.05, 4.69) is 66.1 Å². The highest BCUT2D eigenvalue weighted by Crippen LogP contribution is 2.27. The van der Waals surface area contributed by atoms with Crippen molar-refractivity contribution in [2.75, 3.05) is 0 Å². The summed E-state index contributed by atoms with van der Waals surface area (Å²) in [4.78, 5) is 3.65. The first-order valence-corrected chi connectivity index (χ1v) is 18.0. The van der Waals surface area contributed by atoms with Crippen molar-refractivity contribution in [3.05, 3.63) is 48.5 Å². The Morgan fingerprint density at radius 2 is 0.875 bits per heavy atom. The van der Waals surface area contributed by atoms with E-state index in [1.807, 2.05) is 0 Å². The summed E-state index contributed by atoms with van der Waals surface area (Å²) in [5.74, 6) is 2.05. The lowest BCUT2D eigenvalue weighted by Crippen LogP contribution is -2.34. The van der Waals surface area contributed by atoms with Crippen LogP contribution in [0.25, 0.3) is 5.69 Å². The van der Waals surface area contributed by atoms with Gasteiger partial charge in [0.25, 0.3) is 5.82 Å². The van der Waals surface area contributed by atoms with Crippen molar-refractivity contribution in [3.8, 4) is 5.69 Å². The van der Waals surface area contributed by atoms with Crippen molar-refractivity contribution >= 4 is 0 Å². The first kappa shape index (κ1) is 34.6. The van der Waals surface area contributed by atoms with Gasteiger partial charge >= 0.3 is 0 Å². The molecule has 1 aromatic carbocycles. The molecular formula is C38H67N2+. The lowest BCUT2D eigenvalue weighted by molar-refractivity contribution is -0.604. The van der Waals surface area contributed by atoms with Crippen LogP contribution < -0.4 is 4.57 Å². The highest BCUT2D eigenvalue weighted by Gasteiger charge is 2.23. The second-order valence-electron chi connectivity index (χ2n) is 12.6. The van der Waals surface area contributed by atoms with Gasteiger partial charge in [-0.3, -0.25) is 0 Å². The Bertz CT molecular complexity index is 780. The van der Waals surface area contributed by atoms with Crippen molar-refractivity contribution in [2.24, 2.45) is 0 Å². The molecule has 0 spiro atoms. The Balaban J connectivity index is 1.61. The van der Waals surface area contributed by atoms with Crippen molar-refractivity contribution < 1.29 is 4.57 Å². The van der Waals surface area contributed by atoms with Crippen LogP contribution in [0.15, 0.2) is 42.7 Å². The quantitative estimate of drug-likeness (QED) is 0.0801. The highest BCUT2D eigenvalue weighted by molar-refractivity contribution is 5.22. The van der Waals surface area contributed by atoms with Gasteiger partial charge in [0.2, 0.25) is 0 Å². The fraction of sp³-hybridized carbons (Fsp3) is 0.763. The number of rotatable bonds is 28. The second-order valence-corrected chi connectivity index (χ2v) is 12.6. The first-order valence-electron chi connectivity index (χ1n) is 18.0. The molecule has 2 rings (SSSR count). The lowest BCUT2D eigenvalue weighted by atomic mass is 9.93. The maximum atomic E-state index is 3.65. The summed E-state index contributed by atoms with van der Waals surface area (Å²) in [7, 11) is 0. The van der Waals surface area contributed by atoms with Crippen LogP contribution in [0.4, 0.5) is 0 Å². The predicted molar refractivity (Wildman–Crippen MR) is 176 cm³/mol. The van der Waals surface area contributed by atoms with Gasteiger partial charge in [-0.2, -0.15) is 4.57 Å². The number of hydrogen-bond acceptors (Lipinski definition) is 0. The summed E-state index contributed by atoms with van der Waals surface area (Å²) >= 11 is 0. The Kier molecular flexibility index (Phi) is 21.8. The van der Waals surface area contributed by atoms with Crippen LogP contribution in [0.1, 0.15) is 193 Å². The third-order valence-corrected chi connectivity index (χ3v) is 8.95. The number of nitrogens with one attached hydrogen (secondary N) is 1. The zero-order valence-electron chi connectivity index (χ0n) is 27.0. The average Bonchev–Trinajstić information content (AvgIpc) is 3.47. The molecule has 0 saturated carbocycles. The molecule has 2 aromatic rings. The number of para-hydroxylation sites is 1. The van der Waals surface area contributed by atoms with Crippen molar-refractivity contribution in [3.63, 3.8) is 0 Å². The zero-order chi connectivity index (χ0) is 28.4. The number of imidazole rings is 1. The van der Waals surface area contributed by atoms with Crippen LogP contribution in [0.5, 0.6) is 0 Å². The smallest absolute Gasteiger partial charge is 0.247 e. The third-order valence-electron chi connectivity index (χ3n) is 8.95. The van der Waals surface area contributed by atoms with E-state index in [1.165, 1.54) is 178 Å². The van der Waals surface area contributed by atoms with E-state index in [0.29, 0.717) is 5.92 Å². The molecule has 0 saturated heterocycles. The third kappa shape index (κ3) is 16.6. The zero-order valence-corrected chi connectivity index (χ0v) is 27.0. The normalized spacial score (nSPS) is 12.2. The van der Waals surface area contributed by atoms with Crippen LogP contribution in [0.2, 0.25) is 0 Å². The Morgan fingerprint density at radius 1 is 0.500 bits per heavy atom. The van der Waals surface area contributed by atoms with E-state index in [4.69, 9.17) is 0 Å². The maximum absolute atomic E-state index is 3.65. The van der Waals surface area contributed by atoms with Crippen LogP contribution in [0, 0.1) is 0 Å². The largest absolute Gasteiger partial charge is 0.262 e. The second kappa shape index (κ2) is 25.2. The Labute approximate surface area is 250 Å². The average molecular weight is 552 g/mol. The molecule has 0 aliphatic carbocycles. The van der Waals surface area contributed by atoms with Crippen molar-refractivity contribution in [2.45, 2.75) is 187 Å². The van der Waals surface area contributed by atoms with Crippen molar-refractivity contribution in [1.29, 1.82) is 0 Å². The van der Waals surface area contributed by atoms with Crippen LogP contribution in [-0.4, -0.2) is 4.98 Å². The predicted octanol–water partition coefficient (Wildman–Crippen LogP) is 12.6. The molecule has 0 unspecified atom stereocenters. The molecule has 2 heteroatoms. The fourth-order valence-corrected chi connectivity index (χ4v) is 6.36. The number of aromatic amines is 1. The topological polar surface area (TPSA) is 19.7 Å². The molecule has 0 amide bonds. The summed E-state index contributed by atoms with van der Waals surface area (Å²) in [6.07, 6.45) is 41.3. The first-order chi connectivity index (χ1) is 19.9. The fourth-order valence-electron chi connectivity index (χ4n) is 6.36. The minimum atomic E-state index is 0.641. The van der Waals surface area contributed by atoms with Gasteiger partial charge in [-0.15, -0.1) is 0 Å². The molecule has 2 nitrogen and oxygen atoms in total. The van der Waals surface area contributed by atoms with E-state index in [-0.39, 0.29) is 0 Å². The molecule has 40 heavy (non-hydrogen) atoms. The monoisotopic (exact) mass is 552 g/mol. The molecule has 0 radical (unpaired) electrons. The number of benzene rings is 1. The summed E-state index contributed by atoms with van der Waals surface area (Å²) in [5.41, 5.74) is 1.28. The van der Waals surface area contributed by atoms with Crippen molar-refractivity contribution in [1.82, 2.24) is 4.98 Å². The van der Waals surface area contributed by atoms with Gasteiger partial charge in [0.15, 0.2) is 0 Å². The molecule has 1 heterocycles. The standard InChI is InChI=1S/C38H66N2/c1-3-5-7-9-11-13-14-15-16-17-18-19-20-22-24-27-31-36(30-26-23-21-12-10-8-6-4-2)38-39-34-35-40(38)37-32-28-25-29-33-37/h25,28-29,32-36H,3-24,26-27,30-31H2,1-2H3/p+1/t36-/m0/s1. The molecule has 1 N–H and O–H groups in total. The Morgan fingerprint density at radius 3 is 1.27 bits per heavy atom. The molecule has 0 aliphatic heterocycles. The molecular weight excluding hydrogens is 484 g/mol. The van der Waals surface area contributed by atoms with Crippen LogP contribution >= 0.6 is 0 Å². The SMILES string of the molecule is CCCCCCCCCCCCCCCCCC[C@H](CCCCCCCCCC)c1[nH]cc[n+]1-c1ccccc1. The van der Waals surface area contributed by atoms with E-state index in [9.17, 15) is 0 Å².